The summed E-state index contributed by atoms with van der Waals surface area (Å²) in [5.74, 6) is 0.964. The first-order valence-corrected chi connectivity index (χ1v) is 5.35. The van der Waals surface area contributed by atoms with Crippen molar-refractivity contribution < 1.29 is 14.9 Å². The van der Waals surface area contributed by atoms with Gasteiger partial charge in [0.15, 0.2) is 0 Å². The van der Waals surface area contributed by atoms with Gasteiger partial charge >= 0.3 is 0 Å². The minimum absolute atomic E-state index is 0.163. The molecule has 0 aliphatic rings. The Morgan fingerprint density at radius 1 is 1.06 bits per heavy atom. The van der Waals surface area contributed by atoms with Crippen molar-refractivity contribution in [2.45, 2.75) is 13.5 Å². The lowest BCUT2D eigenvalue weighted by Crippen LogP contribution is -1.95. The molecule has 0 atom stereocenters. The number of aryl methyl sites for hydroxylation is 1. The normalized spacial score (nSPS) is 10.2. The van der Waals surface area contributed by atoms with Crippen molar-refractivity contribution in [3.8, 4) is 17.2 Å². The van der Waals surface area contributed by atoms with E-state index in [2.05, 4.69) is 0 Å². The SMILES string of the molecule is Cc1ccc(COc2cccc(O)c2)c(O)c1. The van der Waals surface area contributed by atoms with Crippen LogP contribution in [0.5, 0.6) is 17.2 Å². The highest BCUT2D eigenvalue weighted by molar-refractivity contribution is 5.36. The van der Waals surface area contributed by atoms with Gasteiger partial charge in [-0.1, -0.05) is 18.2 Å². The molecule has 3 nitrogen and oxygen atoms in total. The lowest BCUT2D eigenvalue weighted by molar-refractivity contribution is 0.297. The average Bonchev–Trinajstić information content (AvgIpc) is 2.28. The Morgan fingerprint density at radius 2 is 1.88 bits per heavy atom. The quantitative estimate of drug-likeness (QED) is 0.852. The Kier molecular flexibility index (Phi) is 3.19. The fraction of sp³-hybridized carbons (Fsp3) is 0.143. The van der Waals surface area contributed by atoms with Crippen molar-refractivity contribution in [3.63, 3.8) is 0 Å². The summed E-state index contributed by atoms with van der Waals surface area (Å²) in [6.07, 6.45) is 0. The van der Waals surface area contributed by atoms with Crippen LogP contribution < -0.4 is 4.74 Å². The number of phenols is 2. The molecule has 0 aromatic heterocycles. The van der Waals surface area contributed by atoms with Crippen LogP contribution in [-0.2, 0) is 6.61 Å². The fourth-order valence-electron chi connectivity index (χ4n) is 1.53. The lowest BCUT2D eigenvalue weighted by atomic mass is 10.1. The minimum Gasteiger partial charge on any atom is -0.508 e. The monoisotopic (exact) mass is 230 g/mol. The molecule has 17 heavy (non-hydrogen) atoms. The minimum atomic E-state index is 0.163. The van der Waals surface area contributed by atoms with Crippen LogP contribution in [-0.4, -0.2) is 10.2 Å². The molecule has 0 aliphatic heterocycles. The maximum atomic E-state index is 9.69. The van der Waals surface area contributed by atoms with Crippen LogP contribution in [0.4, 0.5) is 0 Å². The summed E-state index contributed by atoms with van der Waals surface area (Å²) in [5, 5.41) is 19.0. The molecule has 2 rings (SSSR count). The van der Waals surface area contributed by atoms with Gasteiger partial charge in [-0.15, -0.1) is 0 Å². The molecule has 0 spiro atoms. The molecule has 0 bridgehead atoms. The van der Waals surface area contributed by atoms with Gasteiger partial charge in [0.1, 0.15) is 23.9 Å². The molecular weight excluding hydrogens is 216 g/mol. The summed E-state index contributed by atoms with van der Waals surface area (Å²) in [4.78, 5) is 0. The maximum absolute atomic E-state index is 9.69. The first-order chi connectivity index (χ1) is 8.15. The standard InChI is InChI=1S/C14H14O3/c1-10-5-6-11(14(16)7-10)9-17-13-4-2-3-12(15)8-13/h2-8,15-16H,9H2,1H3. The van der Waals surface area contributed by atoms with Crippen molar-refractivity contribution in [1.82, 2.24) is 0 Å². The Balaban J connectivity index is 2.07. The third kappa shape index (κ3) is 2.91. The molecule has 2 aromatic carbocycles. The smallest absolute Gasteiger partial charge is 0.123 e. The molecule has 3 heteroatoms. The Hall–Kier alpha value is -2.16. The molecule has 0 amide bonds. The highest BCUT2D eigenvalue weighted by Crippen LogP contribution is 2.22. The number of benzene rings is 2. The molecule has 0 fully saturated rings. The predicted molar refractivity (Wildman–Crippen MR) is 65.3 cm³/mol. The maximum Gasteiger partial charge on any atom is 0.123 e. The fourth-order valence-corrected chi connectivity index (χ4v) is 1.53. The van der Waals surface area contributed by atoms with Gasteiger partial charge in [0.25, 0.3) is 0 Å². The van der Waals surface area contributed by atoms with E-state index in [1.807, 2.05) is 19.1 Å². The molecule has 0 aliphatic carbocycles. The molecule has 0 heterocycles. The predicted octanol–water partition coefficient (Wildman–Crippen LogP) is 2.99. The average molecular weight is 230 g/mol. The number of hydrogen-bond acceptors (Lipinski definition) is 3. The van der Waals surface area contributed by atoms with Gasteiger partial charge in [-0.25, -0.2) is 0 Å². The summed E-state index contributed by atoms with van der Waals surface area (Å²) >= 11 is 0. The summed E-state index contributed by atoms with van der Waals surface area (Å²) in [6.45, 7) is 2.19. The molecule has 88 valence electrons. The number of rotatable bonds is 3. The van der Waals surface area contributed by atoms with Crippen LogP contribution in [0.3, 0.4) is 0 Å². The van der Waals surface area contributed by atoms with Crippen LogP contribution in [0.25, 0.3) is 0 Å². The zero-order chi connectivity index (χ0) is 12.3. The zero-order valence-corrected chi connectivity index (χ0v) is 9.55. The second kappa shape index (κ2) is 4.78. The number of phenolic OH excluding ortho intramolecular Hbond substituents is 2. The summed E-state index contributed by atoms with van der Waals surface area (Å²) in [5.41, 5.74) is 1.72. The first-order valence-electron chi connectivity index (χ1n) is 5.35. The molecule has 0 radical (unpaired) electrons. The van der Waals surface area contributed by atoms with E-state index in [4.69, 9.17) is 4.74 Å². The van der Waals surface area contributed by atoms with Crippen molar-refractivity contribution in [2.75, 3.05) is 0 Å². The molecule has 2 N–H and O–H groups in total. The Morgan fingerprint density at radius 3 is 2.59 bits per heavy atom. The van der Waals surface area contributed by atoms with Crippen LogP contribution in [0.15, 0.2) is 42.5 Å². The molecule has 2 aromatic rings. The first kappa shape index (κ1) is 11.3. The van der Waals surface area contributed by atoms with E-state index in [0.717, 1.165) is 11.1 Å². The van der Waals surface area contributed by atoms with Crippen molar-refractivity contribution in [1.29, 1.82) is 0 Å². The van der Waals surface area contributed by atoms with Crippen molar-refractivity contribution in [3.05, 3.63) is 53.6 Å². The highest BCUT2D eigenvalue weighted by Gasteiger charge is 2.02. The second-order valence-electron chi connectivity index (χ2n) is 3.92. The molecule has 0 saturated carbocycles. The number of hydrogen-bond donors (Lipinski definition) is 2. The lowest BCUT2D eigenvalue weighted by Gasteiger charge is -2.08. The van der Waals surface area contributed by atoms with E-state index in [1.165, 1.54) is 6.07 Å². The van der Waals surface area contributed by atoms with Crippen LogP contribution in [0.1, 0.15) is 11.1 Å². The summed E-state index contributed by atoms with van der Waals surface area (Å²) in [7, 11) is 0. The van der Waals surface area contributed by atoms with Crippen LogP contribution >= 0.6 is 0 Å². The van der Waals surface area contributed by atoms with Gasteiger partial charge < -0.3 is 14.9 Å². The second-order valence-corrected chi connectivity index (χ2v) is 3.92. The topological polar surface area (TPSA) is 49.7 Å². The van der Waals surface area contributed by atoms with Crippen LogP contribution in [0.2, 0.25) is 0 Å². The van der Waals surface area contributed by atoms with Gasteiger partial charge in [0.05, 0.1) is 0 Å². The summed E-state index contributed by atoms with van der Waals surface area (Å²) in [6, 6.07) is 12.0. The number of ether oxygens (including phenoxy) is 1. The highest BCUT2D eigenvalue weighted by atomic mass is 16.5. The van der Waals surface area contributed by atoms with Gasteiger partial charge in [0.2, 0.25) is 0 Å². The van der Waals surface area contributed by atoms with E-state index in [0.29, 0.717) is 5.75 Å². The van der Waals surface area contributed by atoms with E-state index >= 15 is 0 Å². The van der Waals surface area contributed by atoms with Gasteiger partial charge in [-0.3, -0.25) is 0 Å². The van der Waals surface area contributed by atoms with Crippen LogP contribution in [0, 0.1) is 6.92 Å². The van der Waals surface area contributed by atoms with E-state index in [-0.39, 0.29) is 18.1 Å². The largest absolute Gasteiger partial charge is 0.508 e. The van der Waals surface area contributed by atoms with Gasteiger partial charge in [0, 0.05) is 11.6 Å². The van der Waals surface area contributed by atoms with Crippen molar-refractivity contribution in [2.24, 2.45) is 0 Å². The number of aromatic hydroxyl groups is 2. The third-order valence-corrected chi connectivity index (χ3v) is 2.45. The van der Waals surface area contributed by atoms with E-state index in [9.17, 15) is 10.2 Å². The van der Waals surface area contributed by atoms with Crippen molar-refractivity contribution >= 4 is 0 Å². The third-order valence-electron chi connectivity index (χ3n) is 2.45. The summed E-state index contributed by atoms with van der Waals surface area (Å²) < 4.78 is 5.47. The van der Waals surface area contributed by atoms with E-state index < -0.39 is 0 Å². The Bertz CT molecular complexity index is 521. The Labute approximate surface area is 99.9 Å². The zero-order valence-electron chi connectivity index (χ0n) is 9.55. The molecule has 0 unspecified atom stereocenters. The van der Waals surface area contributed by atoms with Gasteiger partial charge in [-0.05, 0) is 30.7 Å². The molecular formula is C14H14O3. The van der Waals surface area contributed by atoms with Gasteiger partial charge in [-0.2, -0.15) is 0 Å². The molecule has 0 saturated heterocycles. The van der Waals surface area contributed by atoms with E-state index in [1.54, 1.807) is 24.3 Å².